The van der Waals surface area contributed by atoms with E-state index in [1.54, 1.807) is 46.1 Å². The standard InChI is InChI=1S/C28H38N2O3/c1-10-24-19-25(23(13-17-31-7)18-26(33-9)22(4)32-8)27(21(3)28(24,5)6)20(2)12-16-30-15-11-14-29/h10-19,24,29H,1H2,2-9H3/b15-11+,17-13+,20-12+,23-18+,26-22-,29-14?,30-16-. The van der Waals surface area contributed by atoms with Crippen molar-refractivity contribution in [2.45, 2.75) is 34.6 Å². The number of rotatable bonds is 11. The number of hydrogen-bond donors (Lipinski definition) is 1. The topological polar surface area (TPSA) is 63.9 Å². The van der Waals surface area contributed by atoms with Gasteiger partial charge in [0.15, 0.2) is 5.76 Å². The van der Waals surface area contributed by atoms with Crippen molar-refractivity contribution in [3.63, 3.8) is 0 Å². The number of methoxy groups -OCH3 is 3. The van der Waals surface area contributed by atoms with E-state index in [1.807, 2.05) is 31.2 Å². The molecule has 0 heterocycles. The number of ether oxygens (including phenoxy) is 3. The molecule has 0 aromatic rings. The van der Waals surface area contributed by atoms with Gasteiger partial charge in [0.2, 0.25) is 0 Å². The lowest BCUT2D eigenvalue weighted by Gasteiger charge is -2.39. The van der Waals surface area contributed by atoms with Crippen LogP contribution in [0.25, 0.3) is 0 Å². The van der Waals surface area contributed by atoms with Crippen molar-refractivity contribution in [1.82, 2.24) is 0 Å². The molecule has 0 amide bonds. The Kier molecular flexibility index (Phi) is 11.1. The summed E-state index contributed by atoms with van der Waals surface area (Å²) in [6, 6.07) is 0. The normalized spacial score (nSPS) is 20.2. The Morgan fingerprint density at radius 1 is 1.18 bits per heavy atom. The van der Waals surface area contributed by atoms with Crippen LogP contribution in [-0.4, -0.2) is 33.8 Å². The van der Waals surface area contributed by atoms with Crippen LogP contribution in [0, 0.1) is 16.7 Å². The van der Waals surface area contributed by atoms with Gasteiger partial charge in [0, 0.05) is 24.5 Å². The van der Waals surface area contributed by atoms with Crippen molar-refractivity contribution in [2.75, 3.05) is 21.3 Å². The SMILES string of the molecule is C=CC1C=C(C(/C=C/OC)=C/C(OC)=C(\C)OC)C(/C(C)=C/C=N\C=C\C=N)=C(C)C1(C)C. The second kappa shape index (κ2) is 13.3. The average molecular weight is 451 g/mol. The summed E-state index contributed by atoms with van der Waals surface area (Å²) in [5.41, 5.74) is 5.34. The molecular formula is C28H38N2O3. The maximum absolute atomic E-state index is 7.07. The van der Waals surface area contributed by atoms with Crippen LogP contribution in [0.15, 0.2) is 99.9 Å². The summed E-state index contributed by atoms with van der Waals surface area (Å²) in [5.74, 6) is 1.45. The second-order valence-corrected chi connectivity index (χ2v) is 8.19. The molecule has 0 saturated carbocycles. The molecule has 1 unspecified atom stereocenters. The third-order valence-corrected chi connectivity index (χ3v) is 5.97. The van der Waals surface area contributed by atoms with Crippen LogP contribution in [0.2, 0.25) is 0 Å². The van der Waals surface area contributed by atoms with Crippen LogP contribution in [0.5, 0.6) is 0 Å². The number of nitrogens with zero attached hydrogens (tertiary/aromatic N) is 1. The van der Waals surface area contributed by atoms with Gasteiger partial charge in [0.25, 0.3) is 0 Å². The highest BCUT2D eigenvalue weighted by molar-refractivity contribution is 5.77. The Labute approximate surface area is 199 Å². The fraction of sp³-hybridized carbons (Fsp3) is 0.357. The molecule has 0 radical (unpaired) electrons. The van der Waals surface area contributed by atoms with Gasteiger partial charge < -0.3 is 19.6 Å². The van der Waals surface area contributed by atoms with E-state index in [0.29, 0.717) is 11.5 Å². The highest BCUT2D eigenvalue weighted by Gasteiger charge is 2.35. The Hall–Kier alpha value is -3.34. The first-order valence-corrected chi connectivity index (χ1v) is 10.8. The third-order valence-electron chi connectivity index (χ3n) is 5.97. The van der Waals surface area contributed by atoms with Crippen molar-refractivity contribution in [3.05, 3.63) is 94.9 Å². The first-order valence-electron chi connectivity index (χ1n) is 10.8. The lowest BCUT2D eigenvalue weighted by molar-refractivity contribution is 0.232. The summed E-state index contributed by atoms with van der Waals surface area (Å²) in [6.45, 7) is 14.7. The van der Waals surface area contributed by atoms with E-state index in [9.17, 15) is 0 Å². The average Bonchev–Trinajstić information content (AvgIpc) is 2.80. The first-order chi connectivity index (χ1) is 15.7. The molecule has 0 fully saturated rings. The summed E-state index contributed by atoms with van der Waals surface area (Å²) in [7, 11) is 4.87. The minimum atomic E-state index is -0.106. The summed E-state index contributed by atoms with van der Waals surface area (Å²) >= 11 is 0. The molecule has 1 aliphatic rings. The number of aliphatic imine (C=N–C) groups is 1. The summed E-state index contributed by atoms with van der Waals surface area (Å²) in [6.07, 6.45) is 17.9. The maximum atomic E-state index is 7.07. The summed E-state index contributed by atoms with van der Waals surface area (Å²) in [5, 5.41) is 7.07. The van der Waals surface area contributed by atoms with Gasteiger partial charge in [-0.05, 0) is 72.8 Å². The molecule has 178 valence electrons. The van der Waals surface area contributed by atoms with E-state index < -0.39 is 0 Å². The highest BCUT2D eigenvalue weighted by atomic mass is 16.5. The molecule has 0 aromatic heterocycles. The van der Waals surface area contributed by atoms with E-state index in [2.05, 4.69) is 45.3 Å². The number of nitrogens with one attached hydrogen (secondary N) is 1. The molecular weight excluding hydrogens is 412 g/mol. The lowest BCUT2D eigenvalue weighted by atomic mass is 9.65. The molecule has 0 spiro atoms. The Morgan fingerprint density at radius 2 is 1.88 bits per heavy atom. The second-order valence-electron chi connectivity index (χ2n) is 8.19. The Bertz CT molecular complexity index is 967. The van der Waals surface area contributed by atoms with Crippen molar-refractivity contribution in [1.29, 1.82) is 5.41 Å². The van der Waals surface area contributed by atoms with Crippen LogP contribution in [0.1, 0.15) is 34.6 Å². The Balaban J connectivity index is 3.84. The monoisotopic (exact) mass is 450 g/mol. The van der Waals surface area contributed by atoms with Crippen LogP contribution < -0.4 is 0 Å². The molecule has 1 rings (SSSR count). The van der Waals surface area contributed by atoms with Crippen LogP contribution in [0.4, 0.5) is 0 Å². The summed E-state index contributed by atoms with van der Waals surface area (Å²) in [4.78, 5) is 4.22. The van der Waals surface area contributed by atoms with Crippen molar-refractivity contribution < 1.29 is 14.2 Å². The van der Waals surface area contributed by atoms with E-state index in [4.69, 9.17) is 19.6 Å². The van der Waals surface area contributed by atoms with E-state index in [-0.39, 0.29) is 11.3 Å². The molecule has 1 N–H and O–H groups in total. The largest absolute Gasteiger partial charge is 0.504 e. The van der Waals surface area contributed by atoms with E-state index in [1.165, 1.54) is 11.8 Å². The fourth-order valence-electron chi connectivity index (χ4n) is 3.64. The molecule has 0 aromatic carbocycles. The van der Waals surface area contributed by atoms with Gasteiger partial charge in [0.05, 0.1) is 27.6 Å². The van der Waals surface area contributed by atoms with Crippen molar-refractivity contribution in [3.8, 4) is 0 Å². The van der Waals surface area contributed by atoms with Crippen LogP contribution in [-0.2, 0) is 14.2 Å². The Morgan fingerprint density at radius 3 is 2.42 bits per heavy atom. The third kappa shape index (κ3) is 7.07. The molecule has 0 aliphatic heterocycles. The lowest BCUT2D eigenvalue weighted by Crippen LogP contribution is -2.28. The number of hydrogen-bond acceptors (Lipinski definition) is 5. The molecule has 33 heavy (non-hydrogen) atoms. The molecule has 1 aliphatic carbocycles. The fourth-order valence-corrected chi connectivity index (χ4v) is 3.64. The van der Waals surface area contributed by atoms with Crippen LogP contribution in [0.3, 0.4) is 0 Å². The van der Waals surface area contributed by atoms with Crippen LogP contribution >= 0.6 is 0 Å². The van der Waals surface area contributed by atoms with Crippen molar-refractivity contribution in [2.24, 2.45) is 16.3 Å². The van der Waals surface area contributed by atoms with Gasteiger partial charge >= 0.3 is 0 Å². The van der Waals surface area contributed by atoms with Crippen molar-refractivity contribution >= 4 is 12.4 Å². The smallest absolute Gasteiger partial charge is 0.156 e. The zero-order chi connectivity index (χ0) is 25.0. The summed E-state index contributed by atoms with van der Waals surface area (Å²) < 4.78 is 16.3. The minimum absolute atomic E-state index is 0.106. The zero-order valence-electron chi connectivity index (χ0n) is 21.2. The molecule has 1 atom stereocenters. The van der Waals surface area contributed by atoms with E-state index >= 15 is 0 Å². The maximum Gasteiger partial charge on any atom is 0.156 e. The van der Waals surface area contributed by atoms with E-state index in [0.717, 1.165) is 22.3 Å². The van der Waals surface area contributed by atoms with Gasteiger partial charge in [-0.3, -0.25) is 4.99 Å². The molecule has 5 nitrogen and oxygen atoms in total. The predicted molar refractivity (Wildman–Crippen MR) is 139 cm³/mol. The van der Waals surface area contributed by atoms with Gasteiger partial charge in [-0.15, -0.1) is 6.58 Å². The zero-order valence-corrected chi connectivity index (χ0v) is 21.2. The molecule has 0 saturated heterocycles. The van der Waals surface area contributed by atoms with Gasteiger partial charge in [0.1, 0.15) is 5.76 Å². The number of allylic oxidation sites excluding steroid dienone is 12. The quantitative estimate of drug-likeness (QED) is 0.162. The first kappa shape index (κ1) is 27.7. The predicted octanol–water partition coefficient (Wildman–Crippen LogP) is 6.86. The van der Waals surface area contributed by atoms with Gasteiger partial charge in [-0.1, -0.05) is 31.6 Å². The van der Waals surface area contributed by atoms with Gasteiger partial charge in [-0.25, -0.2) is 0 Å². The highest BCUT2D eigenvalue weighted by Crippen LogP contribution is 2.47. The molecule has 0 bridgehead atoms. The molecule has 5 heteroatoms. The van der Waals surface area contributed by atoms with Gasteiger partial charge in [-0.2, -0.15) is 0 Å². The minimum Gasteiger partial charge on any atom is -0.504 e.